The molecule has 1 aromatic carbocycles. The molecular formula is C11H6BrN3O3. The second-order valence-electron chi connectivity index (χ2n) is 3.44. The van der Waals surface area contributed by atoms with Gasteiger partial charge in [-0.3, -0.25) is 4.79 Å². The van der Waals surface area contributed by atoms with E-state index in [9.17, 15) is 9.59 Å². The van der Waals surface area contributed by atoms with Crippen LogP contribution in [0.15, 0.2) is 43.1 Å². The highest BCUT2D eigenvalue weighted by molar-refractivity contribution is 9.10. The number of ketones is 1. The average molecular weight is 308 g/mol. The summed E-state index contributed by atoms with van der Waals surface area (Å²) in [6.07, 6.45) is 0. The number of hydrogen-bond donors (Lipinski definition) is 0. The molecule has 2 rings (SSSR count). The van der Waals surface area contributed by atoms with E-state index in [0.29, 0.717) is 11.0 Å². The first-order chi connectivity index (χ1) is 8.61. The minimum Gasteiger partial charge on any atom is -0.422 e. The molecule has 0 aliphatic heterocycles. The molecule has 0 fully saturated rings. The molecule has 1 heterocycles. The van der Waals surface area contributed by atoms with Crippen molar-refractivity contribution in [3.63, 3.8) is 0 Å². The first-order valence-electron chi connectivity index (χ1n) is 4.89. The smallest absolute Gasteiger partial charge is 0.347 e. The molecule has 2 aromatic rings. The first-order valence-corrected chi connectivity index (χ1v) is 5.68. The molecule has 6 nitrogen and oxygen atoms in total. The summed E-state index contributed by atoms with van der Waals surface area (Å²) in [4.78, 5) is 25.7. The van der Waals surface area contributed by atoms with Gasteiger partial charge in [0.1, 0.15) is 11.1 Å². The molecule has 0 spiro atoms. The number of azide groups is 1. The minimum absolute atomic E-state index is 0.118. The van der Waals surface area contributed by atoms with Crippen LogP contribution in [0.1, 0.15) is 10.4 Å². The average Bonchev–Trinajstić information content (AvgIpc) is 2.35. The molecular weight excluding hydrogens is 302 g/mol. The third-order valence-corrected chi connectivity index (χ3v) is 2.77. The molecule has 0 saturated carbocycles. The summed E-state index contributed by atoms with van der Waals surface area (Å²) in [7, 11) is 0. The van der Waals surface area contributed by atoms with Crippen molar-refractivity contribution in [1.29, 1.82) is 0 Å². The van der Waals surface area contributed by atoms with Crippen LogP contribution in [0.3, 0.4) is 0 Å². The number of halogens is 1. The van der Waals surface area contributed by atoms with Gasteiger partial charge in [-0.15, -0.1) is 0 Å². The van der Waals surface area contributed by atoms with Gasteiger partial charge in [-0.05, 0) is 29.8 Å². The second kappa shape index (κ2) is 5.03. The Morgan fingerprint density at radius 3 is 2.94 bits per heavy atom. The van der Waals surface area contributed by atoms with Crippen molar-refractivity contribution in [3.8, 4) is 0 Å². The SMILES string of the molecule is [N-]=[N+]=NCC(=O)c1cc2cc(Br)ccc2oc1=O. The van der Waals surface area contributed by atoms with E-state index in [1.54, 1.807) is 18.2 Å². The molecule has 18 heavy (non-hydrogen) atoms. The van der Waals surface area contributed by atoms with Crippen LogP contribution in [0.2, 0.25) is 0 Å². The molecule has 0 amide bonds. The van der Waals surface area contributed by atoms with Crippen LogP contribution >= 0.6 is 15.9 Å². The van der Waals surface area contributed by atoms with Gasteiger partial charge in [0.05, 0.1) is 6.54 Å². The molecule has 0 aliphatic rings. The maximum absolute atomic E-state index is 11.6. The van der Waals surface area contributed by atoms with Crippen molar-refractivity contribution < 1.29 is 9.21 Å². The van der Waals surface area contributed by atoms with E-state index in [1.165, 1.54) is 6.07 Å². The van der Waals surface area contributed by atoms with Gasteiger partial charge in [-0.1, -0.05) is 21.0 Å². The monoisotopic (exact) mass is 307 g/mol. The first kappa shape index (κ1) is 12.3. The summed E-state index contributed by atoms with van der Waals surface area (Å²) >= 11 is 3.28. The summed E-state index contributed by atoms with van der Waals surface area (Å²) in [6, 6.07) is 6.51. The molecule has 7 heteroatoms. The van der Waals surface area contributed by atoms with Crippen molar-refractivity contribution in [2.24, 2.45) is 5.11 Å². The van der Waals surface area contributed by atoms with Crippen molar-refractivity contribution in [1.82, 2.24) is 0 Å². The second-order valence-corrected chi connectivity index (χ2v) is 4.36. The van der Waals surface area contributed by atoms with Gasteiger partial charge in [0, 0.05) is 14.8 Å². The molecule has 1 aromatic heterocycles. The summed E-state index contributed by atoms with van der Waals surface area (Å²) in [5.74, 6) is -0.566. The highest BCUT2D eigenvalue weighted by Gasteiger charge is 2.12. The van der Waals surface area contributed by atoms with E-state index in [1.807, 2.05) is 0 Å². The van der Waals surface area contributed by atoms with Crippen LogP contribution in [0, 0.1) is 0 Å². The number of carbonyl (C=O) groups is 1. The number of benzene rings is 1. The number of Topliss-reactive ketones (excluding diaryl/α,β-unsaturated/α-hetero) is 1. The van der Waals surface area contributed by atoms with Crippen LogP contribution in [0.25, 0.3) is 21.4 Å². The Hall–Kier alpha value is -2.11. The molecule has 90 valence electrons. The van der Waals surface area contributed by atoms with Crippen LogP contribution in [0.4, 0.5) is 0 Å². The Morgan fingerprint density at radius 2 is 2.22 bits per heavy atom. The highest BCUT2D eigenvalue weighted by atomic mass is 79.9. The molecule has 0 radical (unpaired) electrons. The lowest BCUT2D eigenvalue weighted by Gasteiger charge is -2.00. The van der Waals surface area contributed by atoms with E-state index in [-0.39, 0.29) is 5.56 Å². The lowest BCUT2D eigenvalue weighted by molar-refractivity contribution is 0.0998. The molecule has 0 N–H and O–H groups in total. The Kier molecular flexibility index (Phi) is 3.45. The fraction of sp³-hybridized carbons (Fsp3) is 0.0909. The Morgan fingerprint density at radius 1 is 1.44 bits per heavy atom. The quantitative estimate of drug-likeness (QED) is 0.286. The van der Waals surface area contributed by atoms with Crippen LogP contribution < -0.4 is 5.63 Å². The normalized spacial score (nSPS) is 10.1. The summed E-state index contributed by atoms with van der Waals surface area (Å²) in [6.45, 7) is -0.402. The van der Waals surface area contributed by atoms with Gasteiger partial charge in [-0.2, -0.15) is 0 Å². The van der Waals surface area contributed by atoms with Gasteiger partial charge in [0.25, 0.3) is 0 Å². The van der Waals surface area contributed by atoms with Gasteiger partial charge in [0.2, 0.25) is 0 Å². The molecule has 0 aliphatic carbocycles. The van der Waals surface area contributed by atoms with E-state index >= 15 is 0 Å². The minimum atomic E-state index is -0.733. The zero-order valence-electron chi connectivity index (χ0n) is 8.96. The van der Waals surface area contributed by atoms with Crippen molar-refractivity contribution in [2.75, 3.05) is 6.54 Å². The van der Waals surface area contributed by atoms with Gasteiger partial charge in [-0.25, -0.2) is 4.79 Å². The predicted molar refractivity (Wildman–Crippen MR) is 68.5 cm³/mol. The summed E-state index contributed by atoms with van der Waals surface area (Å²) in [5, 5.41) is 3.75. The van der Waals surface area contributed by atoms with Gasteiger partial charge >= 0.3 is 5.63 Å². The van der Waals surface area contributed by atoms with E-state index in [0.717, 1.165) is 4.47 Å². The molecule has 0 unspecified atom stereocenters. The fourth-order valence-corrected chi connectivity index (χ4v) is 1.85. The lowest BCUT2D eigenvalue weighted by Crippen LogP contribution is -2.15. The van der Waals surface area contributed by atoms with Crippen molar-refractivity contribution in [3.05, 3.63) is 55.2 Å². The Bertz CT molecular complexity index is 732. The number of hydrogen-bond acceptors (Lipinski definition) is 4. The number of nitrogens with zero attached hydrogens (tertiary/aromatic N) is 3. The lowest BCUT2D eigenvalue weighted by atomic mass is 10.1. The predicted octanol–water partition coefficient (Wildman–Crippen LogP) is 3.05. The summed E-state index contributed by atoms with van der Waals surface area (Å²) in [5.41, 5.74) is 7.68. The standard InChI is InChI=1S/C11H6BrN3O3/c12-7-1-2-10-6(3-7)4-8(11(17)18-10)9(16)5-14-15-13/h1-4H,5H2. The van der Waals surface area contributed by atoms with Crippen molar-refractivity contribution in [2.45, 2.75) is 0 Å². The highest BCUT2D eigenvalue weighted by Crippen LogP contribution is 2.19. The molecule has 0 bridgehead atoms. The van der Waals surface area contributed by atoms with Crippen LogP contribution in [-0.4, -0.2) is 12.3 Å². The van der Waals surface area contributed by atoms with E-state index < -0.39 is 18.0 Å². The Balaban J connectivity index is 2.57. The largest absolute Gasteiger partial charge is 0.422 e. The fourth-order valence-electron chi connectivity index (χ4n) is 1.47. The van der Waals surface area contributed by atoms with Gasteiger partial charge in [0.15, 0.2) is 5.78 Å². The third kappa shape index (κ3) is 2.42. The zero-order valence-corrected chi connectivity index (χ0v) is 10.5. The summed E-state index contributed by atoms with van der Waals surface area (Å²) < 4.78 is 5.82. The van der Waals surface area contributed by atoms with Crippen LogP contribution in [-0.2, 0) is 0 Å². The van der Waals surface area contributed by atoms with Crippen LogP contribution in [0.5, 0.6) is 0 Å². The molecule has 0 saturated heterocycles. The van der Waals surface area contributed by atoms with Crippen molar-refractivity contribution >= 4 is 32.7 Å². The van der Waals surface area contributed by atoms with Gasteiger partial charge < -0.3 is 4.42 Å². The Labute approximate surface area is 109 Å². The van der Waals surface area contributed by atoms with E-state index in [4.69, 9.17) is 9.95 Å². The zero-order chi connectivity index (χ0) is 13.1. The third-order valence-electron chi connectivity index (χ3n) is 2.27. The van der Waals surface area contributed by atoms with E-state index in [2.05, 4.69) is 26.0 Å². The topological polar surface area (TPSA) is 96.0 Å². The number of fused-ring (bicyclic) bond motifs is 1. The maximum atomic E-state index is 11.6. The number of rotatable bonds is 3. The molecule has 0 atom stereocenters. The number of carbonyl (C=O) groups excluding carboxylic acids is 1. The maximum Gasteiger partial charge on any atom is 0.347 e.